The van der Waals surface area contributed by atoms with Crippen molar-refractivity contribution in [1.82, 2.24) is 9.80 Å². The Bertz CT molecular complexity index is 204. The van der Waals surface area contributed by atoms with Gasteiger partial charge in [-0.1, -0.05) is 25.9 Å². The molecule has 0 saturated heterocycles. The van der Waals surface area contributed by atoms with Gasteiger partial charge in [-0.15, -0.1) is 0 Å². The monoisotopic (exact) mass is 230 g/mol. The van der Waals surface area contributed by atoms with Crippen LogP contribution in [-0.4, -0.2) is 60.6 Å². The van der Waals surface area contributed by atoms with Crippen molar-refractivity contribution in [3.63, 3.8) is 0 Å². The van der Waals surface area contributed by atoms with Gasteiger partial charge in [0.05, 0.1) is 0 Å². The topological polar surface area (TPSA) is 65.1 Å². The van der Waals surface area contributed by atoms with E-state index in [0.717, 1.165) is 32.7 Å². The number of nitrogens with zero attached hydrogens (tertiary/aromatic N) is 3. The number of hydrogen-bond donors (Lipinski definition) is 2. The summed E-state index contributed by atoms with van der Waals surface area (Å²) >= 11 is 0. The second kappa shape index (κ2) is 8.35. The average Bonchev–Trinajstić information content (AvgIpc) is 2.29. The van der Waals surface area contributed by atoms with Crippen LogP contribution in [0, 0.1) is 5.92 Å². The van der Waals surface area contributed by atoms with Crippen LogP contribution in [0.2, 0.25) is 0 Å². The van der Waals surface area contributed by atoms with E-state index in [1.54, 1.807) is 0 Å². The second-order valence-corrected chi connectivity index (χ2v) is 4.22. The second-order valence-electron chi connectivity index (χ2n) is 4.22. The van der Waals surface area contributed by atoms with Gasteiger partial charge < -0.3 is 20.7 Å². The van der Waals surface area contributed by atoms with Gasteiger partial charge in [0.2, 0.25) is 0 Å². The molecule has 0 heterocycles. The van der Waals surface area contributed by atoms with Gasteiger partial charge in [0.1, 0.15) is 5.84 Å². The molecular weight excluding hydrogens is 204 g/mol. The predicted molar refractivity (Wildman–Crippen MR) is 67.9 cm³/mol. The molecule has 0 bridgehead atoms. The number of oxime groups is 1. The molecule has 0 fully saturated rings. The zero-order chi connectivity index (χ0) is 12.6. The number of nitrogens with two attached hydrogens (primary N) is 1. The van der Waals surface area contributed by atoms with E-state index < -0.39 is 0 Å². The normalized spacial score (nSPS) is 14.8. The fraction of sp³-hybridized carbons (Fsp3) is 0.909. The van der Waals surface area contributed by atoms with E-state index in [1.807, 2.05) is 6.92 Å². The zero-order valence-electron chi connectivity index (χ0n) is 11.0. The van der Waals surface area contributed by atoms with Gasteiger partial charge >= 0.3 is 0 Å². The molecule has 0 spiro atoms. The molecule has 3 N–H and O–H groups in total. The molecule has 0 radical (unpaired) electrons. The third-order valence-electron chi connectivity index (χ3n) is 2.90. The molecule has 0 aromatic heterocycles. The molecular formula is C11H26N4O. The Morgan fingerprint density at radius 3 is 2.31 bits per heavy atom. The first-order valence-corrected chi connectivity index (χ1v) is 5.93. The van der Waals surface area contributed by atoms with Crippen molar-refractivity contribution in [2.75, 3.05) is 39.8 Å². The minimum atomic E-state index is 0.0895. The van der Waals surface area contributed by atoms with Gasteiger partial charge in [-0.3, -0.25) is 0 Å². The Morgan fingerprint density at radius 1 is 1.31 bits per heavy atom. The van der Waals surface area contributed by atoms with Crippen LogP contribution in [0.4, 0.5) is 0 Å². The van der Waals surface area contributed by atoms with Gasteiger partial charge in [-0.25, -0.2) is 0 Å². The molecule has 0 aromatic rings. The summed E-state index contributed by atoms with van der Waals surface area (Å²) in [6.45, 7) is 11.3. The van der Waals surface area contributed by atoms with Crippen LogP contribution in [-0.2, 0) is 0 Å². The Labute approximate surface area is 98.9 Å². The molecule has 1 unspecified atom stereocenters. The van der Waals surface area contributed by atoms with Crippen molar-refractivity contribution < 1.29 is 5.21 Å². The number of amidine groups is 1. The number of likely N-dealkylation sites (N-methyl/N-ethyl adjacent to an activating group) is 2. The fourth-order valence-electron chi connectivity index (χ4n) is 1.60. The molecule has 5 nitrogen and oxygen atoms in total. The van der Waals surface area contributed by atoms with Crippen LogP contribution < -0.4 is 5.73 Å². The van der Waals surface area contributed by atoms with E-state index in [0.29, 0.717) is 5.84 Å². The van der Waals surface area contributed by atoms with Gasteiger partial charge in [-0.2, -0.15) is 0 Å². The first-order valence-electron chi connectivity index (χ1n) is 5.93. The van der Waals surface area contributed by atoms with E-state index in [1.165, 1.54) is 0 Å². The van der Waals surface area contributed by atoms with Crippen molar-refractivity contribution in [2.45, 2.75) is 20.8 Å². The highest BCUT2D eigenvalue weighted by Gasteiger charge is 2.11. The van der Waals surface area contributed by atoms with Gasteiger partial charge in [0, 0.05) is 25.6 Å². The molecule has 0 aliphatic heterocycles. The van der Waals surface area contributed by atoms with Crippen LogP contribution >= 0.6 is 0 Å². The highest BCUT2D eigenvalue weighted by molar-refractivity contribution is 5.82. The molecule has 5 heteroatoms. The van der Waals surface area contributed by atoms with Crippen molar-refractivity contribution in [3.05, 3.63) is 0 Å². The summed E-state index contributed by atoms with van der Waals surface area (Å²) in [6, 6.07) is 0. The molecule has 0 rings (SSSR count). The quantitative estimate of drug-likeness (QED) is 0.278. The van der Waals surface area contributed by atoms with Crippen molar-refractivity contribution >= 4 is 5.84 Å². The smallest absolute Gasteiger partial charge is 0.143 e. The summed E-state index contributed by atoms with van der Waals surface area (Å²) in [5.74, 6) is 0.390. The van der Waals surface area contributed by atoms with E-state index in [-0.39, 0.29) is 5.92 Å². The molecule has 1 atom stereocenters. The lowest BCUT2D eigenvalue weighted by molar-refractivity contribution is 0.232. The third-order valence-corrected chi connectivity index (χ3v) is 2.90. The lowest BCUT2D eigenvalue weighted by Gasteiger charge is -2.24. The molecule has 0 amide bonds. The van der Waals surface area contributed by atoms with Crippen LogP contribution in [0.5, 0.6) is 0 Å². The Morgan fingerprint density at radius 2 is 1.88 bits per heavy atom. The first-order chi connectivity index (χ1) is 7.54. The fourth-order valence-corrected chi connectivity index (χ4v) is 1.60. The summed E-state index contributed by atoms with van der Waals surface area (Å²) in [5, 5.41) is 11.6. The maximum Gasteiger partial charge on any atom is 0.143 e. The minimum absolute atomic E-state index is 0.0895. The number of rotatable bonds is 8. The summed E-state index contributed by atoms with van der Waals surface area (Å²) in [6.07, 6.45) is 0. The molecule has 0 saturated carbocycles. The molecule has 96 valence electrons. The van der Waals surface area contributed by atoms with Gasteiger partial charge in [0.25, 0.3) is 0 Å². The summed E-state index contributed by atoms with van der Waals surface area (Å²) in [4.78, 5) is 4.59. The maximum atomic E-state index is 8.55. The number of hydrogen-bond acceptors (Lipinski definition) is 4. The van der Waals surface area contributed by atoms with Gasteiger partial charge in [-0.05, 0) is 20.1 Å². The average molecular weight is 230 g/mol. The van der Waals surface area contributed by atoms with Crippen LogP contribution in [0.25, 0.3) is 0 Å². The van der Waals surface area contributed by atoms with E-state index >= 15 is 0 Å². The Balaban J connectivity index is 3.85. The van der Waals surface area contributed by atoms with Crippen LogP contribution in [0.1, 0.15) is 20.8 Å². The van der Waals surface area contributed by atoms with Gasteiger partial charge in [0.15, 0.2) is 0 Å². The molecule has 16 heavy (non-hydrogen) atoms. The van der Waals surface area contributed by atoms with E-state index in [2.05, 4.69) is 35.9 Å². The van der Waals surface area contributed by atoms with E-state index in [4.69, 9.17) is 10.9 Å². The zero-order valence-corrected chi connectivity index (χ0v) is 11.0. The lowest BCUT2D eigenvalue weighted by atomic mass is 10.1. The standard InChI is InChI=1S/C11H26N4O/c1-5-15(6-2)8-7-14(4)9-10(3)11(12)13-16/h10,16H,5-9H2,1-4H3,(H2,12,13). The molecule has 0 aliphatic rings. The summed E-state index contributed by atoms with van der Waals surface area (Å²) in [5.41, 5.74) is 5.54. The van der Waals surface area contributed by atoms with Crippen molar-refractivity contribution in [1.29, 1.82) is 0 Å². The maximum absolute atomic E-state index is 8.55. The predicted octanol–water partition coefficient (Wildman–Crippen LogP) is 0.643. The lowest BCUT2D eigenvalue weighted by Crippen LogP contribution is -2.37. The van der Waals surface area contributed by atoms with Crippen LogP contribution in [0.15, 0.2) is 5.16 Å². The summed E-state index contributed by atoms with van der Waals surface area (Å²) < 4.78 is 0. The third kappa shape index (κ3) is 5.92. The first kappa shape index (κ1) is 15.2. The highest BCUT2D eigenvalue weighted by atomic mass is 16.4. The summed E-state index contributed by atoms with van der Waals surface area (Å²) in [7, 11) is 2.06. The minimum Gasteiger partial charge on any atom is -0.409 e. The molecule has 0 aliphatic carbocycles. The van der Waals surface area contributed by atoms with Crippen LogP contribution in [0.3, 0.4) is 0 Å². The Hall–Kier alpha value is -0.810. The SMILES string of the molecule is CCN(CC)CCN(C)CC(C)C(N)=NO. The Kier molecular flexibility index (Phi) is 7.93. The molecule has 0 aromatic carbocycles. The van der Waals surface area contributed by atoms with E-state index in [9.17, 15) is 0 Å². The highest BCUT2D eigenvalue weighted by Crippen LogP contribution is 1.98. The van der Waals surface area contributed by atoms with Crippen molar-refractivity contribution in [3.8, 4) is 0 Å². The largest absolute Gasteiger partial charge is 0.409 e. The van der Waals surface area contributed by atoms with Crippen molar-refractivity contribution in [2.24, 2.45) is 16.8 Å².